The molecule has 3 heterocycles. The minimum Gasteiger partial charge on any atom is -0.497 e. The van der Waals surface area contributed by atoms with Crippen LogP contribution in [0.5, 0.6) is 5.75 Å². The summed E-state index contributed by atoms with van der Waals surface area (Å²) in [6.45, 7) is 11.3. The number of likely N-dealkylation sites (N-methyl/N-ethyl adjacent to an activating group) is 1. The molecule has 4 aliphatic rings. The molecular weight excluding hydrogens is 482 g/mol. The van der Waals surface area contributed by atoms with Gasteiger partial charge in [-0.3, -0.25) is 14.5 Å². The molecule has 0 aromatic heterocycles. The topological polar surface area (TPSA) is 91.3 Å². The molecular formula is C30H43N3O5. The van der Waals surface area contributed by atoms with E-state index in [-0.39, 0.29) is 23.9 Å². The number of aliphatic hydroxyl groups is 1. The maximum absolute atomic E-state index is 13.1. The van der Waals surface area contributed by atoms with Gasteiger partial charge in [0.05, 0.1) is 19.7 Å². The Morgan fingerprint density at radius 3 is 2.61 bits per heavy atom. The van der Waals surface area contributed by atoms with Crippen molar-refractivity contribution >= 4 is 17.6 Å². The van der Waals surface area contributed by atoms with Crippen molar-refractivity contribution in [3.63, 3.8) is 0 Å². The predicted molar refractivity (Wildman–Crippen MR) is 146 cm³/mol. The predicted octanol–water partition coefficient (Wildman–Crippen LogP) is 3.02. The van der Waals surface area contributed by atoms with Gasteiger partial charge in [-0.05, 0) is 36.4 Å². The summed E-state index contributed by atoms with van der Waals surface area (Å²) in [5, 5.41) is 16.1. The number of hydrogen-bond donors (Lipinski definition) is 2. The van der Waals surface area contributed by atoms with Gasteiger partial charge in [-0.25, -0.2) is 0 Å². The van der Waals surface area contributed by atoms with Crippen LogP contribution in [0.3, 0.4) is 0 Å². The zero-order chi connectivity index (χ0) is 27.7. The van der Waals surface area contributed by atoms with E-state index in [4.69, 9.17) is 9.47 Å². The standard InChI is InChI=1S/C30H43N3O5/c1-8-28-12-9-14-33-15-13-29(24(28)33)21-11-10-20(37-7)16-22(21)32(6)25(29)30(36,26(28)38-19(2)34)18-31-23(35)17-27(3,4)5/h9-12,16,24-26,36H,8,13-15,17-18H2,1-7H3,(H,31,35)/t24?,25-,26-,28?,29-,30-/m1/s1. The van der Waals surface area contributed by atoms with E-state index in [0.717, 1.165) is 30.9 Å². The summed E-state index contributed by atoms with van der Waals surface area (Å²) < 4.78 is 11.7. The minimum absolute atomic E-state index is 0.00987. The van der Waals surface area contributed by atoms with Gasteiger partial charge < -0.3 is 24.8 Å². The Labute approximate surface area is 226 Å². The van der Waals surface area contributed by atoms with Crippen LogP contribution in [0.1, 0.15) is 59.4 Å². The minimum atomic E-state index is -1.55. The quantitative estimate of drug-likeness (QED) is 0.436. The summed E-state index contributed by atoms with van der Waals surface area (Å²) >= 11 is 0. The van der Waals surface area contributed by atoms with E-state index in [1.807, 2.05) is 40.0 Å². The monoisotopic (exact) mass is 525 g/mol. The fourth-order valence-electron chi connectivity index (χ4n) is 8.43. The average molecular weight is 526 g/mol. The molecule has 8 heteroatoms. The van der Waals surface area contributed by atoms with Crippen LogP contribution in [-0.4, -0.2) is 79.5 Å². The van der Waals surface area contributed by atoms with Crippen molar-refractivity contribution in [3.05, 3.63) is 35.9 Å². The van der Waals surface area contributed by atoms with Crippen LogP contribution in [0.2, 0.25) is 0 Å². The van der Waals surface area contributed by atoms with Crippen LogP contribution >= 0.6 is 0 Å². The van der Waals surface area contributed by atoms with E-state index in [2.05, 4.69) is 40.3 Å². The van der Waals surface area contributed by atoms with Gasteiger partial charge in [0.15, 0.2) is 0 Å². The molecule has 2 N–H and O–H groups in total. The lowest BCUT2D eigenvalue weighted by molar-refractivity contribution is -0.217. The maximum atomic E-state index is 13.1. The van der Waals surface area contributed by atoms with E-state index in [1.54, 1.807) is 7.11 Å². The fourth-order valence-corrected chi connectivity index (χ4v) is 8.43. The third-order valence-corrected chi connectivity index (χ3v) is 9.48. The van der Waals surface area contributed by atoms with Gasteiger partial charge in [0, 0.05) is 55.6 Å². The molecule has 1 spiro atoms. The van der Waals surface area contributed by atoms with Crippen LogP contribution in [0.15, 0.2) is 30.4 Å². The number of benzene rings is 1. The molecule has 0 radical (unpaired) electrons. The highest BCUT2D eigenvalue weighted by molar-refractivity contribution is 5.77. The maximum Gasteiger partial charge on any atom is 0.303 e. The number of nitrogens with zero attached hydrogens (tertiary/aromatic N) is 2. The smallest absolute Gasteiger partial charge is 0.303 e. The number of hydrogen-bond acceptors (Lipinski definition) is 7. The van der Waals surface area contributed by atoms with Gasteiger partial charge >= 0.3 is 5.97 Å². The normalized spacial score (nSPS) is 35.4. The molecule has 6 atom stereocenters. The van der Waals surface area contributed by atoms with Crippen molar-refractivity contribution in [2.45, 2.75) is 83.1 Å². The number of carbonyl (C=O) groups excluding carboxylic acids is 2. The Kier molecular flexibility index (Phi) is 6.38. The van der Waals surface area contributed by atoms with Crippen LogP contribution in [0.25, 0.3) is 0 Å². The van der Waals surface area contributed by atoms with Crippen LogP contribution < -0.4 is 15.0 Å². The molecule has 1 aromatic rings. The molecule has 1 amide bonds. The van der Waals surface area contributed by atoms with E-state index in [1.165, 1.54) is 12.5 Å². The van der Waals surface area contributed by atoms with E-state index in [9.17, 15) is 14.7 Å². The SMILES string of the molecule is CCC12C=CCN3CC[C@@]4(c5ccc(OC)cc5N(C)[C@H]4[C@](O)(CNC(=O)CC(C)(C)C)[C@@H]1OC(C)=O)C32. The summed E-state index contributed by atoms with van der Waals surface area (Å²) in [7, 11) is 3.66. The van der Waals surface area contributed by atoms with E-state index in [0.29, 0.717) is 12.8 Å². The number of carbonyl (C=O) groups is 2. The first kappa shape index (κ1) is 27.0. The number of anilines is 1. The van der Waals surface area contributed by atoms with Crippen molar-refractivity contribution in [2.75, 3.05) is 38.7 Å². The molecule has 208 valence electrons. The van der Waals surface area contributed by atoms with Crippen molar-refractivity contribution in [1.82, 2.24) is 10.2 Å². The van der Waals surface area contributed by atoms with Crippen molar-refractivity contribution in [3.8, 4) is 5.75 Å². The van der Waals surface area contributed by atoms with Crippen LogP contribution in [0, 0.1) is 10.8 Å². The van der Waals surface area contributed by atoms with Crippen molar-refractivity contribution < 1.29 is 24.2 Å². The number of esters is 1. The Bertz CT molecular complexity index is 1160. The number of rotatable bonds is 6. The van der Waals surface area contributed by atoms with Crippen molar-refractivity contribution in [1.29, 1.82) is 0 Å². The first-order valence-electron chi connectivity index (χ1n) is 13.8. The summed E-state index contributed by atoms with van der Waals surface area (Å²) in [5.41, 5.74) is -0.587. The zero-order valence-electron chi connectivity index (χ0n) is 23.8. The number of nitrogens with one attached hydrogen (secondary N) is 1. The second kappa shape index (κ2) is 8.98. The highest BCUT2D eigenvalue weighted by Crippen LogP contribution is 2.67. The first-order chi connectivity index (χ1) is 17.8. The van der Waals surface area contributed by atoms with Gasteiger partial charge in [-0.15, -0.1) is 0 Å². The van der Waals surface area contributed by atoms with Crippen LogP contribution in [0.4, 0.5) is 5.69 Å². The summed E-state index contributed by atoms with van der Waals surface area (Å²) in [6, 6.07) is 5.80. The molecule has 38 heavy (non-hydrogen) atoms. The average Bonchev–Trinajstić information content (AvgIpc) is 3.36. The second-order valence-corrected chi connectivity index (χ2v) is 12.9. The van der Waals surface area contributed by atoms with Crippen LogP contribution in [-0.2, 0) is 19.7 Å². The molecule has 8 nitrogen and oxygen atoms in total. The molecule has 3 aliphatic heterocycles. The lowest BCUT2D eigenvalue weighted by Gasteiger charge is -2.64. The number of amides is 1. The lowest BCUT2D eigenvalue weighted by atomic mass is 9.47. The lowest BCUT2D eigenvalue weighted by Crippen LogP contribution is -2.81. The second-order valence-electron chi connectivity index (χ2n) is 12.9. The zero-order valence-corrected chi connectivity index (χ0v) is 23.8. The summed E-state index contributed by atoms with van der Waals surface area (Å²) in [4.78, 5) is 30.3. The molecule has 1 saturated heterocycles. The Morgan fingerprint density at radius 2 is 1.97 bits per heavy atom. The van der Waals surface area contributed by atoms with Gasteiger partial charge in [0.25, 0.3) is 0 Å². The Hall–Kier alpha value is -2.58. The molecule has 1 aliphatic carbocycles. The first-order valence-corrected chi connectivity index (χ1v) is 13.8. The molecule has 1 saturated carbocycles. The Balaban J connectivity index is 1.72. The third-order valence-electron chi connectivity index (χ3n) is 9.48. The molecule has 2 unspecified atom stereocenters. The van der Waals surface area contributed by atoms with E-state index < -0.39 is 34.5 Å². The molecule has 1 aromatic carbocycles. The van der Waals surface area contributed by atoms with E-state index >= 15 is 0 Å². The third kappa shape index (κ3) is 3.70. The highest BCUT2D eigenvalue weighted by atomic mass is 16.6. The number of fused-ring (bicyclic) bond motifs is 1. The summed E-state index contributed by atoms with van der Waals surface area (Å²) in [5.74, 6) is 0.198. The van der Waals surface area contributed by atoms with Crippen molar-refractivity contribution in [2.24, 2.45) is 10.8 Å². The molecule has 5 rings (SSSR count). The Morgan fingerprint density at radius 1 is 1.24 bits per heavy atom. The summed E-state index contributed by atoms with van der Waals surface area (Å²) in [6.07, 6.45) is 5.38. The largest absolute Gasteiger partial charge is 0.497 e. The highest BCUT2D eigenvalue weighted by Gasteiger charge is 2.77. The van der Waals surface area contributed by atoms with Gasteiger partial charge in [-0.2, -0.15) is 0 Å². The molecule has 2 fully saturated rings. The molecule has 0 bridgehead atoms. The fraction of sp³-hybridized carbons (Fsp3) is 0.667. The number of methoxy groups -OCH3 is 1. The van der Waals surface area contributed by atoms with Gasteiger partial charge in [0.1, 0.15) is 17.5 Å². The van der Waals surface area contributed by atoms with Gasteiger partial charge in [0.2, 0.25) is 5.91 Å². The number of ether oxygens (including phenoxy) is 2. The van der Waals surface area contributed by atoms with Gasteiger partial charge in [-0.1, -0.05) is 45.9 Å².